The summed E-state index contributed by atoms with van der Waals surface area (Å²) in [6, 6.07) is 0. The van der Waals surface area contributed by atoms with Crippen LogP contribution in [0.5, 0.6) is 0 Å². The van der Waals surface area contributed by atoms with Crippen LogP contribution in [-0.2, 0) is 19.1 Å². The highest BCUT2D eigenvalue weighted by atomic mass is 16.6. The minimum absolute atomic E-state index is 0.0237. The van der Waals surface area contributed by atoms with Crippen LogP contribution in [0.4, 0.5) is 0 Å². The Labute approximate surface area is 155 Å². The third kappa shape index (κ3) is 1.89. The molecule has 0 amide bonds. The predicted molar refractivity (Wildman–Crippen MR) is 95.3 cm³/mol. The van der Waals surface area contributed by atoms with Crippen molar-refractivity contribution in [2.24, 2.45) is 22.7 Å². The van der Waals surface area contributed by atoms with Gasteiger partial charge >= 0.3 is 5.97 Å². The zero-order chi connectivity index (χ0) is 19.1. The van der Waals surface area contributed by atoms with Crippen LogP contribution in [0.2, 0.25) is 0 Å². The van der Waals surface area contributed by atoms with Crippen LogP contribution in [-0.4, -0.2) is 41.3 Å². The molecule has 0 aromatic carbocycles. The monoisotopic (exact) mass is 362 g/mol. The van der Waals surface area contributed by atoms with Gasteiger partial charge in [-0.2, -0.15) is 0 Å². The van der Waals surface area contributed by atoms with E-state index in [0.29, 0.717) is 6.42 Å². The Balaban J connectivity index is 1.81. The number of ether oxygens (including phenoxy) is 2. The molecule has 4 aliphatic rings. The van der Waals surface area contributed by atoms with Crippen LogP contribution in [0.3, 0.4) is 0 Å². The molecule has 5 heteroatoms. The van der Waals surface area contributed by atoms with E-state index < -0.39 is 22.7 Å². The average Bonchev–Trinajstić information content (AvgIpc) is 3.35. The lowest BCUT2D eigenvalue weighted by atomic mass is 9.45. The molecule has 1 aliphatic heterocycles. The summed E-state index contributed by atoms with van der Waals surface area (Å²) >= 11 is 0. The van der Waals surface area contributed by atoms with Crippen molar-refractivity contribution in [3.63, 3.8) is 0 Å². The highest BCUT2D eigenvalue weighted by Crippen LogP contribution is 2.67. The largest absolute Gasteiger partial charge is 0.469 e. The van der Waals surface area contributed by atoms with Crippen molar-refractivity contribution in [3.05, 3.63) is 11.6 Å². The normalized spacial score (nSPS) is 49.7. The Morgan fingerprint density at radius 3 is 2.62 bits per heavy atom. The number of esters is 1. The van der Waals surface area contributed by atoms with Crippen molar-refractivity contribution in [3.8, 4) is 0 Å². The first-order valence-corrected chi connectivity index (χ1v) is 9.83. The number of ketones is 1. The van der Waals surface area contributed by atoms with Gasteiger partial charge in [0, 0.05) is 0 Å². The molecule has 1 heterocycles. The van der Waals surface area contributed by atoms with Crippen LogP contribution >= 0.6 is 0 Å². The van der Waals surface area contributed by atoms with Gasteiger partial charge in [-0.05, 0) is 61.5 Å². The van der Waals surface area contributed by atoms with Gasteiger partial charge in [-0.3, -0.25) is 9.59 Å². The van der Waals surface area contributed by atoms with Crippen molar-refractivity contribution in [2.45, 2.75) is 77.1 Å². The Hall–Kier alpha value is -1.20. The lowest BCUT2D eigenvalue weighted by Crippen LogP contribution is -2.61. The fourth-order valence-corrected chi connectivity index (χ4v) is 6.63. The quantitative estimate of drug-likeness (QED) is 0.604. The molecule has 2 saturated carbocycles. The van der Waals surface area contributed by atoms with Crippen LogP contribution in [0, 0.1) is 22.7 Å². The highest BCUT2D eigenvalue weighted by Gasteiger charge is 2.76. The number of epoxide rings is 1. The zero-order valence-corrected chi connectivity index (χ0v) is 16.4. The molecule has 5 nitrogen and oxygen atoms in total. The van der Waals surface area contributed by atoms with Gasteiger partial charge in [-0.25, -0.2) is 0 Å². The van der Waals surface area contributed by atoms with Gasteiger partial charge in [0.25, 0.3) is 0 Å². The first kappa shape index (κ1) is 18.2. The predicted octanol–water partition coefficient (Wildman–Crippen LogP) is 2.80. The van der Waals surface area contributed by atoms with Crippen molar-refractivity contribution < 1.29 is 24.2 Å². The Kier molecular flexibility index (Phi) is 3.63. The van der Waals surface area contributed by atoms with E-state index in [0.717, 1.165) is 31.3 Å². The molecule has 3 aliphatic carbocycles. The number of hydrogen-bond donors (Lipinski definition) is 1. The standard InChI is InChI=1S/C21H30O5/c1-12(2)21-15(22)11-14-18(3)8-6-9-19(4,17(23)25-5)13(18)7-10-20(14,24)16(21)26-21/h11-13,16,24H,6-10H2,1-5H3/t13-,16+,18+,19-,20+,21+/m1/s1. The average molecular weight is 362 g/mol. The van der Waals surface area contributed by atoms with Crippen molar-refractivity contribution in [1.29, 1.82) is 0 Å². The molecule has 0 unspecified atom stereocenters. The Morgan fingerprint density at radius 1 is 1.31 bits per heavy atom. The van der Waals surface area contributed by atoms with Crippen LogP contribution in [0.1, 0.15) is 59.8 Å². The first-order chi connectivity index (χ1) is 12.1. The number of fused-ring (bicyclic) bond motifs is 5. The summed E-state index contributed by atoms with van der Waals surface area (Å²) in [5.74, 6) is -0.120. The minimum atomic E-state index is -1.10. The lowest BCUT2D eigenvalue weighted by molar-refractivity contribution is -0.167. The van der Waals surface area contributed by atoms with Gasteiger partial charge in [0.2, 0.25) is 0 Å². The molecular weight excluding hydrogens is 332 g/mol. The number of aliphatic hydroxyl groups is 1. The third-order valence-electron chi connectivity index (χ3n) is 8.08. The maximum absolute atomic E-state index is 13.0. The summed E-state index contributed by atoms with van der Waals surface area (Å²) in [7, 11) is 1.44. The molecule has 4 rings (SSSR count). The maximum atomic E-state index is 13.0. The van der Waals surface area contributed by atoms with E-state index in [9.17, 15) is 14.7 Å². The zero-order valence-electron chi connectivity index (χ0n) is 16.4. The van der Waals surface area contributed by atoms with Gasteiger partial charge in [0.05, 0.1) is 12.5 Å². The van der Waals surface area contributed by atoms with E-state index in [1.54, 1.807) is 6.08 Å². The van der Waals surface area contributed by atoms with E-state index in [1.165, 1.54) is 7.11 Å². The van der Waals surface area contributed by atoms with E-state index in [1.807, 2.05) is 20.8 Å². The molecule has 1 N–H and O–H groups in total. The van der Waals surface area contributed by atoms with Gasteiger partial charge in [0.15, 0.2) is 11.4 Å². The second-order valence-electron chi connectivity index (χ2n) is 9.56. The van der Waals surface area contributed by atoms with E-state index >= 15 is 0 Å². The topological polar surface area (TPSA) is 76.1 Å². The molecule has 144 valence electrons. The first-order valence-electron chi connectivity index (χ1n) is 9.83. The van der Waals surface area contributed by atoms with E-state index in [-0.39, 0.29) is 29.0 Å². The van der Waals surface area contributed by atoms with Crippen molar-refractivity contribution in [1.82, 2.24) is 0 Å². The van der Waals surface area contributed by atoms with Crippen LogP contribution in [0.15, 0.2) is 11.6 Å². The summed E-state index contributed by atoms with van der Waals surface area (Å²) in [5.41, 5.74) is -2.14. The summed E-state index contributed by atoms with van der Waals surface area (Å²) in [4.78, 5) is 25.6. The Bertz CT molecular complexity index is 711. The molecule has 0 aromatic heterocycles. The second-order valence-corrected chi connectivity index (χ2v) is 9.56. The summed E-state index contributed by atoms with van der Waals surface area (Å²) in [5, 5.41) is 11.6. The number of carbonyl (C=O) groups excluding carboxylic acids is 2. The number of methoxy groups -OCH3 is 1. The number of rotatable bonds is 2. The second kappa shape index (κ2) is 5.20. The van der Waals surface area contributed by atoms with Crippen LogP contribution < -0.4 is 0 Å². The van der Waals surface area contributed by atoms with Gasteiger partial charge < -0.3 is 14.6 Å². The smallest absolute Gasteiger partial charge is 0.311 e. The molecule has 0 radical (unpaired) electrons. The lowest BCUT2D eigenvalue weighted by Gasteiger charge is -2.59. The number of hydrogen-bond acceptors (Lipinski definition) is 5. The fourth-order valence-electron chi connectivity index (χ4n) is 6.63. The molecule has 0 bridgehead atoms. The molecule has 6 atom stereocenters. The van der Waals surface area contributed by atoms with E-state index in [4.69, 9.17) is 9.47 Å². The van der Waals surface area contributed by atoms with Gasteiger partial charge in [-0.1, -0.05) is 27.2 Å². The minimum Gasteiger partial charge on any atom is -0.469 e. The molecule has 0 aromatic rings. The summed E-state index contributed by atoms with van der Waals surface area (Å²) < 4.78 is 11.0. The Morgan fingerprint density at radius 2 is 2.00 bits per heavy atom. The van der Waals surface area contributed by atoms with Gasteiger partial charge in [0.1, 0.15) is 11.7 Å². The summed E-state index contributed by atoms with van der Waals surface area (Å²) in [6.07, 6.45) is 5.00. The van der Waals surface area contributed by atoms with E-state index in [2.05, 4.69) is 6.92 Å². The van der Waals surface area contributed by atoms with Crippen molar-refractivity contribution >= 4 is 11.8 Å². The van der Waals surface area contributed by atoms with Gasteiger partial charge in [-0.15, -0.1) is 0 Å². The molecule has 3 fully saturated rings. The van der Waals surface area contributed by atoms with Crippen LogP contribution in [0.25, 0.3) is 0 Å². The fraction of sp³-hybridized carbons (Fsp3) is 0.810. The molecular formula is C21H30O5. The maximum Gasteiger partial charge on any atom is 0.311 e. The molecule has 26 heavy (non-hydrogen) atoms. The third-order valence-corrected chi connectivity index (χ3v) is 8.08. The SMILES string of the molecule is COC(=O)[C@]1(C)CCC[C@]2(C)C3=CC(=O)[C@]4(C(C)C)O[C@H]4[C@]3(O)CC[C@@H]12. The number of carbonyl (C=O) groups is 2. The highest BCUT2D eigenvalue weighted by molar-refractivity contribution is 6.03. The molecule has 0 spiro atoms. The summed E-state index contributed by atoms with van der Waals surface area (Å²) in [6.45, 7) is 8.05. The van der Waals surface area contributed by atoms with Crippen molar-refractivity contribution in [2.75, 3.05) is 7.11 Å². The molecule has 1 saturated heterocycles.